The maximum Gasteiger partial charge on any atom is 0.0940 e. The Morgan fingerprint density at radius 2 is 2.25 bits per heavy atom. The fraction of sp³-hybridized carbons (Fsp3) is 0.750. The van der Waals surface area contributed by atoms with Gasteiger partial charge in [0, 0.05) is 29.8 Å². The summed E-state index contributed by atoms with van der Waals surface area (Å²) in [7, 11) is 0. The molecule has 0 bridgehead atoms. The second kappa shape index (κ2) is 8.09. The molecule has 1 aromatic heterocycles. The van der Waals surface area contributed by atoms with Crippen molar-refractivity contribution in [1.29, 1.82) is 0 Å². The van der Waals surface area contributed by atoms with Gasteiger partial charge in [-0.25, -0.2) is 4.98 Å². The lowest BCUT2D eigenvalue weighted by molar-refractivity contribution is 0.570. The van der Waals surface area contributed by atoms with Crippen LogP contribution in [-0.2, 0) is 6.42 Å². The molecule has 1 heterocycles. The summed E-state index contributed by atoms with van der Waals surface area (Å²) in [5.74, 6) is 3.22. The van der Waals surface area contributed by atoms with E-state index in [1.54, 1.807) is 11.3 Å². The van der Waals surface area contributed by atoms with Crippen molar-refractivity contribution in [2.45, 2.75) is 33.2 Å². The number of hydrogen-bond donors (Lipinski definition) is 1. The summed E-state index contributed by atoms with van der Waals surface area (Å²) < 4.78 is 0. The lowest BCUT2D eigenvalue weighted by Gasteiger charge is -2.16. The molecule has 92 valence electrons. The van der Waals surface area contributed by atoms with E-state index in [0.29, 0.717) is 6.04 Å². The number of nitrogens with one attached hydrogen (secondary N) is 1. The summed E-state index contributed by atoms with van der Waals surface area (Å²) in [5.41, 5.74) is 0. The smallest absolute Gasteiger partial charge is 0.0940 e. The van der Waals surface area contributed by atoms with E-state index in [-0.39, 0.29) is 0 Å². The average Bonchev–Trinajstić information content (AvgIpc) is 2.70. The van der Waals surface area contributed by atoms with E-state index < -0.39 is 0 Å². The third-order valence-corrected chi connectivity index (χ3v) is 4.51. The van der Waals surface area contributed by atoms with Crippen LogP contribution in [0, 0.1) is 5.92 Å². The summed E-state index contributed by atoms with van der Waals surface area (Å²) in [6.07, 6.45) is 2.96. The maximum absolute atomic E-state index is 4.35. The van der Waals surface area contributed by atoms with Crippen molar-refractivity contribution in [2.75, 3.05) is 18.1 Å². The van der Waals surface area contributed by atoms with E-state index in [1.165, 1.54) is 16.5 Å². The van der Waals surface area contributed by atoms with Crippen molar-refractivity contribution in [1.82, 2.24) is 10.3 Å². The summed E-state index contributed by atoms with van der Waals surface area (Å²) in [6, 6.07) is 0.569. The number of nitrogens with zero attached hydrogens (tertiary/aromatic N) is 1. The minimum absolute atomic E-state index is 0.569. The molecule has 16 heavy (non-hydrogen) atoms. The Morgan fingerprint density at radius 1 is 1.44 bits per heavy atom. The average molecular weight is 258 g/mol. The molecule has 0 aliphatic carbocycles. The Hall–Kier alpha value is -0.0600. The van der Waals surface area contributed by atoms with Gasteiger partial charge >= 0.3 is 0 Å². The van der Waals surface area contributed by atoms with Crippen LogP contribution in [0.1, 0.15) is 25.8 Å². The molecule has 1 aromatic rings. The lowest BCUT2D eigenvalue weighted by Crippen LogP contribution is -2.33. The number of hydrogen-bond acceptors (Lipinski definition) is 4. The first-order valence-corrected chi connectivity index (χ1v) is 7.95. The molecule has 1 atom stereocenters. The molecule has 1 rings (SSSR count). The van der Waals surface area contributed by atoms with Crippen molar-refractivity contribution in [3.63, 3.8) is 0 Å². The zero-order valence-corrected chi connectivity index (χ0v) is 12.0. The number of aromatic nitrogens is 1. The SMILES string of the molecule is CCNC(CSCC(C)C)Cc1nccs1. The predicted octanol–water partition coefficient (Wildman–Crippen LogP) is 3.05. The Balaban J connectivity index is 2.29. The topological polar surface area (TPSA) is 24.9 Å². The van der Waals surface area contributed by atoms with E-state index in [9.17, 15) is 0 Å². The molecule has 0 radical (unpaired) electrons. The molecule has 1 unspecified atom stereocenters. The molecule has 0 aliphatic rings. The molecule has 2 nitrogen and oxygen atoms in total. The first-order valence-electron chi connectivity index (χ1n) is 5.91. The van der Waals surface area contributed by atoms with Gasteiger partial charge in [0.15, 0.2) is 0 Å². The van der Waals surface area contributed by atoms with E-state index in [4.69, 9.17) is 0 Å². The molecule has 4 heteroatoms. The highest BCUT2D eigenvalue weighted by molar-refractivity contribution is 7.99. The summed E-state index contributed by atoms with van der Waals surface area (Å²) in [5, 5.41) is 6.84. The molecule has 0 amide bonds. The van der Waals surface area contributed by atoms with Gasteiger partial charge in [0.05, 0.1) is 5.01 Å². The van der Waals surface area contributed by atoms with Gasteiger partial charge in [0.2, 0.25) is 0 Å². The van der Waals surface area contributed by atoms with E-state index in [2.05, 4.69) is 36.5 Å². The minimum atomic E-state index is 0.569. The first-order chi connectivity index (χ1) is 7.72. The van der Waals surface area contributed by atoms with Crippen LogP contribution in [0.15, 0.2) is 11.6 Å². The van der Waals surface area contributed by atoms with Crippen molar-refractivity contribution in [2.24, 2.45) is 5.92 Å². The molecule has 0 saturated carbocycles. The Labute approximate surface area is 107 Å². The first kappa shape index (κ1) is 14.0. The highest BCUT2D eigenvalue weighted by Crippen LogP contribution is 2.13. The maximum atomic E-state index is 4.35. The van der Waals surface area contributed by atoms with Crippen LogP contribution in [0.4, 0.5) is 0 Å². The second-order valence-corrected chi connectivity index (χ2v) is 6.37. The monoisotopic (exact) mass is 258 g/mol. The lowest BCUT2D eigenvalue weighted by atomic mass is 10.2. The highest BCUT2D eigenvalue weighted by atomic mass is 32.2. The van der Waals surface area contributed by atoms with Crippen molar-refractivity contribution >= 4 is 23.1 Å². The van der Waals surface area contributed by atoms with Crippen LogP contribution in [0.5, 0.6) is 0 Å². The summed E-state index contributed by atoms with van der Waals surface area (Å²) in [4.78, 5) is 4.35. The van der Waals surface area contributed by atoms with Gasteiger partial charge in [-0.05, 0) is 18.2 Å². The number of thiazole rings is 1. The normalized spacial score (nSPS) is 13.2. The third kappa shape index (κ3) is 5.87. The Morgan fingerprint density at radius 3 is 2.81 bits per heavy atom. The number of thioether (sulfide) groups is 1. The third-order valence-electron chi connectivity index (χ3n) is 2.17. The molecule has 0 aliphatic heterocycles. The van der Waals surface area contributed by atoms with Gasteiger partial charge in [-0.2, -0.15) is 11.8 Å². The van der Waals surface area contributed by atoms with Crippen LogP contribution in [-0.4, -0.2) is 29.1 Å². The molecular weight excluding hydrogens is 236 g/mol. The van der Waals surface area contributed by atoms with Crippen LogP contribution in [0.3, 0.4) is 0 Å². The minimum Gasteiger partial charge on any atom is -0.313 e. The standard InChI is InChI=1S/C12H22N2S2/c1-4-13-11(9-15-8-10(2)3)7-12-14-5-6-16-12/h5-6,10-11,13H,4,7-9H2,1-3H3. The second-order valence-electron chi connectivity index (χ2n) is 4.32. The zero-order valence-electron chi connectivity index (χ0n) is 10.4. The highest BCUT2D eigenvalue weighted by Gasteiger charge is 2.10. The van der Waals surface area contributed by atoms with Crippen molar-refractivity contribution in [3.8, 4) is 0 Å². The van der Waals surface area contributed by atoms with Crippen LogP contribution >= 0.6 is 23.1 Å². The molecule has 0 saturated heterocycles. The summed E-state index contributed by atoms with van der Waals surface area (Å²) >= 11 is 3.80. The fourth-order valence-corrected chi connectivity index (χ4v) is 3.31. The Bertz CT molecular complexity index is 260. The Kier molecular flexibility index (Phi) is 7.08. The van der Waals surface area contributed by atoms with E-state index in [1.807, 2.05) is 18.0 Å². The molecule has 0 fully saturated rings. The number of rotatable bonds is 8. The van der Waals surface area contributed by atoms with Gasteiger partial charge < -0.3 is 5.32 Å². The zero-order chi connectivity index (χ0) is 11.8. The van der Waals surface area contributed by atoms with Gasteiger partial charge in [0.25, 0.3) is 0 Å². The molecule has 0 aromatic carbocycles. The van der Waals surface area contributed by atoms with Gasteiger partial charge in [-0.3, -0.25) is 0 Å². The number of likely N-dealkylation sites (N-methyl/N-ethyl adjacent to an activating group) is 1. The molecule has 1 N–H and O–H groups in total. The van der Waals surface area contributed by atoms with E-state index in [0.717, 1.165) is 18.9 Å². The quantitative estimate of drug-likeness (QED) is 0.776. The van der Waals surface area contributed by atoms with Gasteiger partial charge in [0.1, 0.15) is 0 Å². The van der Waals surface area contributed by atoms with Crippen LogP contribution in [0.25, 0.3) is 0 Å². The van der Waals surface area contributed by atoms with Crippen LogP contribution < -0.4 is 5.32 Å². The van der Waals surface area contributed by atoms with E-state index >= 15 is 0 Å². The van der Waals surface area contributed by atoms with Crippen LogP contribution in [0.2, 0.25) is 0 Å². The van der Waals surface area contributed by atoms with Crippen molar-refractivity contribution < 1.29 is 0 Å². The van der Waals surface area contributed by atoms with Crippen molar-refractivity contribution in [3.05, 3.63) is 16.6 Å². The van der Waals surface area contributed by atoms with Gasteiger partial charge in [-0.1, -0.05) is 20.8 Å². The summed E-state index contributed by atoms with van der Waals surface area (Å²) in [6.45, 7) is 7.76. The van der Waals surface area contributed by atoms with Gasteiger partial charge in [-0.15, -0.1) is 11.3 Å². The molecular formula is C12H22N2S2. The molecule has 0 spiro atoms. The largest absolute Gasteiger partial charge is 0.313 e. The fourth-order valence-electron chi connectivity index (χ4n) is 1.49. The predicted molar refractivity (Wildman–Crippen MR) is 75.4 cm³/mol.